The van der Waals surface area contributed by atoms with E-state index in [1.54, 1.807) is 24.3 Å². The summed E-state index contributed by atoms with van der Waals surface area (Å²) >= 11 is 1.46. The minimum absolute atomic E-state index is 0.109. The van der Waals surface area contributed by atoms with E-state index < -0.39 is 8.07 Å². The molecule has 1 aliphatic rings. The summed E-state index contributed by atoms with van der Waals surface area (Å²) in [6, 6.07) is 10.7. The molecule has 0 N–H and O–H groups in total. The Kier molecular flexibility index (Phi) is 3.93. The standard InChI is InChI=1S/C19H16O2SSi/c1-23(2,3)12-10-15-17(16-9-6-11-22-16)19(21)14-8-5-4-7-13(14)18(15)20/h4-9,11H,1-3H3. The number of carbonyl (C=O) groups is 2. The number of carbonyl (C=O) groups excluding carboxylic acids is 2. The number of allylic oxidation sites excluding steroid dienone is 2. The van der Waals surface area contributed by atoms with Crippen molar-refractivity contribution >= 4 is 36.6 Å². The minimum atomic E-state index is -1.65. The molecule has 0 spiro atoms. The van der Waals surface area contributed by atoms with Gasteiger partial charge >= 0.3 is 0 Å². The van der Waals surface area contributed by atoms with Crippen molar-refractivity contribution in [2.75, 3.05) is 0 Å². The Labute approximate surface area is 140 Å². The lowest BCUT2D eigenvalue weighted by Gasteiger charge is -2.17. The Bertz CT molecular complexity index is 887. The first-order valence-corrected chi connectivity index (χ1v) is 11.8. The van der Waals surface area contributed by atoms with Gasteiger partial charge in [0.25, 0.3) is 0 Å². The van der Waals surface area contributed by atoms with E-state index in [1.807, 2.05) is 17.5 Å². The van der Waals surface area contributed by atoms with Crippen LogP contribution in [0.1, 0.15) is 25.6 Å². The van der Waals surface area contributed by atoms with Gasteiger partial charge in [0.05, 0.1) is 11.1 Å². The van der Waals surface area contributed by atoms with Gasteiger partial charge in [0.2, 0.25) is 5.78 Å². The average molecular weight is 336 g/mol. The molecule has 0 radical (unpaired) electrons. The molecule has 4 heteroatoms. The van der Waals surface area contributed by atoms with Gasteiger partial charge in [-0.1, -0.05) is 55.9 Å². The van der Waals surface area contributed by atoms with E-state index >= 15 is 0 Å². The lowest BCUT2D eigenvalue weighted by atomic mass is 9.83. The van der Waals surface area contributed by atoms with Crippen molar-refractivity contribution in [2.24, 2.45) is 0 Å². The summed E-state index contributed by atoms with van der Waals surface area (Å²) in [5, 5.41) is 1.91. The van der Waals surface area contributed by atoms with Crippen LogP contribution in [-0.4, -0.2) is 19.6 Å². The van der Waals surface area contributed by atoms with Crippen LogP contribution in [0.15, 0.2) is 47.4 Å². The second kappa shape index (κ2) is 5.77. The molecule has 23 heavy (non-hydrogen) atoms. The molecule has 1 aromatic carbocycles. The van der Waals surface area contributed by atoms with E-state index in [4.69, 9.17) is 0 Å². The smallest absolute Gasteiger partial charge is 0.202 e. The van der Waals surface area contributed by atoms with Gasteiger partial charge in [-0.3, -0.25) is 9.59 Å². The molecular formula is C19H16O2SSi. The van der Waals surface area contributed by atoms with Crippen molar-refractivity contribution in [3.05, 3.63) is 63.4 Å². The number of ketones is 2. The fraction of sp³-hybridized carbons (Fsp3) is 0.158. The third-order valence-electron chi connectivity index (χ3n) is 3.45. The van der Waals surface area contributed by atoms with Gasteiger partial charge < -0.3 is 0 Å². The van der Waals surface area contributed by atoms with E-state index in [0.717, 1.165) is 4.88 Å². The lowest BCUT2D eigenvalue weighted by Crippen LogP contribution is -2.22. The summed E-state index contributed by atoms with van der Waals surface area (Å²) in [4.78, 5) is 26.6. The number of hydrogen-bond acceptors (Lipinski definition) is 3. The lowest BCUT2D eigenvalue weighted by molar-refractivity contribution is 0.0996. The predicted molar refractivity (Wildman–Crippen MR) is 97.5 cm³/mol. The van der Waals surface area contributed by atoms with Crippen molar-refractivity contribution < 1.29 is 9.59 Å². The molecule has 0 amide bonds. The first-order valence-electron chi connectivity index (χ1n) is 7.38. The Balaban J connectivity index is 2.27. The molecule has 0 atom stereocenters. The minimum Gasteiger partial charge on any atom is -0.288 e. The summed E-state index contributed by atoms with van der Waals surface area (Å²) in [7, 11) is -1.65. The normalized spacial score (nSPS) is 14.4. The molecule has 0 saturated heterocycles. The molecule has 1 heterocycles. The SMILES string of the molecule is C[Si](C)(C)C#CC1=C(c2cccs2)C(=O)c2ccccc2C1=O. The topological polar surface area (TPSA) is 34.1 Å². The van der Waals surface area contributed by atoms with E-state index in [-0.39, 0.29) is 11.6 Å². The third-order valence-corrected chi connectivity index (χ3v) is 5.21. The van der Waals surface area contributed by atoms with Crippen LogP contribution in [-0.2, 0) is 0 Å². The number of Topliss-reactive ketones (excluding diaryl/α,β-unsaturated/α-hetero) is 2. The molecule has 0 bridgehead atoms. The molecule has 0 unspecified atom stereocenters. The molecule has 114 valence electrons. The first kappa shape index (κ1) is 15.7. The van der Waals surface area contributed by atoms with Gasteiger partial charge in [-0.2, -0.15) is 0 Å². The van der Waals surface area contributed by atoms with Gasteiger partial charge in [-0.25, -0.2) is 0 Å². The Morgan fingerprint density at radius 1 is 0.913 bits per heavy atom. The third kappa shape index (κ3) is 2.98. The van der Waals surface area contributed by atoms with Crippen molar-refractivity contribution in [1.29, 1.82) is 0 Å². The monoisotopic (exact) mass is 336 g/mol. The van der Waals surface area contributed by atoms with Crippen LogP contribution in [0.2, 0.25) is 19.6 Å². The molecule has 0 saturated carbocycles. The van der Waals surface area contributed by atoms with Crippen molar-refractivity contribution in [3.8, 4) is 11.5 Å². The molecular weight excluding hydrogens is 320 g/mol. The van der Waals surface area contributed by atoms with E-state index in [2.05, 4.69) is 31.1 Å². The van der Waals surface area contributed by atoms with Crippen LogP contribution < -0.4 is 0 Å². The van der Waals surface area contributed by atoms with E-state index in [9.17, 15) is 9.59 Å². The van der Waals surface area contributed by atoms with Crippen LogP contribution in [0.25, 0.3) is 5.57 Å². The fourth-order valence-electron chi connectivity index (χ4n) is 2.40. The van der Waals surface area contributed by atoms with Crippen LogP contribution in [0, 0.1) is 11.5 Å². The molecule has 3 rings (SSSR count). The quantitative estimate of drug-likeness (QED) is 0.569. The summed E-state index contributed by atoms with van der Waals surface area (Å²) in [6.45, 7) is 6.36. The maximum atomic E-state index is 12.9. The van der Waals surface area contributed by atoms with Gasteiger partial charge in [0, 0.05) is 16.0 Å². The van der Waals surface area contributed by atoms with Crippen LogP contribution >= 0.6 is 11.3 Å². The highest BCUT2D eigenvalue weighted by Gasteiger charge is 2.32. The maximum absolute atomic E-state index is 12.9. The summed E-state index contributed by atoms with van der Waals surface area (Å²) in [5.74, 6) is 2.80. The number of rotatable bonds is 1. The Hall–Kier alpha value is -2.22. The highest BCUT2D eigenvalue weighted by atomic mass is 32.1. The molecule has 0 aliphatic heterocycles. The summed E-state index contributed by atoms with van der Waals surface area (Å²) < 4.78 is 0. The van der Waals surface area contributed by atoms with Crippen molar-refractivity contribution in [2.45, 2.75) is 19.6 Å². The van der Waals surface area contributed by atoms with Crippen LogP contribution in [0.5, 0.6) is 0 Å². The number of benzene rings is 1. The van der Waals surface area contributed by atoms with Crippen molar-refractivity contribution in [1.82, 2.24) is 0 Å². The summed E-state index contributed by atoms with van der Waals surface area (Å²) in [6.07, 6.45) is 0. The zero-order valence-corrected chi connectivity index (χ0v) is 15.1. The van der Waals surface area contributed by atoms with Crippen LogP contribution in [0.4, 0.5) is 0 Å². The molecule has 2 nitrogen and oxygen atoms in total. The van der Waals surface area contributed by atoms with Gasteiger partial charge in [-0.05, 0) is 11.4 Å². The zero-order chi connectivity index (χ0) is 16.6. The van der Waals surface area contributed by atoms with Crippen molar-refractivity contribution in [3.63, 3.8) is 0 Å². The second-order valence-corrected chi connectivity index (χ2v) is 12.1. The van der Waals surface area contributed by atoms with Gasteiger partial charge in [0.15, 0.2) is 5.78 Å². The largest absolute Gasteiger partial charge is 0.288 e. The molecule has 0 fully saturated rings. The molecule has 1 aliphatic carbocycles. The first-order chi connectivity index (χ1) is 10.9. The predicted octanol–water partition coefficient (Wildman–Crippen LogP) is 4.46. The maximum Gasteiger partial charge on any atom is 0.202 e. The highest BCUT2D eigenvalue weighted by Crippen LogP contribution is 2.34. The average Bonchev–Trinajstić information content (AvgIpc) is 3.02. The van der Waals surface area contributed by atoms with Gasteiger partial charge in [0.1, 0.15) is 8.07 Å². The van der Waals surface area contributed by atoms with Crippen LogP contribution in [0.3, 0.4) is 0 Å². The number of fused-ring (bicyclic) bond motifs is 1. The zero-order valence-electron chi connectivity index (χ0n) is 13.3. The van der Waals surface area contributed by atoms with Gasteiger partial charge in [-0.15, -0.1) is 16.9 Å². The van der Waals surface area contributed by atoms with E-state index in [1.165, 1.54) is 11.3 Å². The summed E-state index contributed by atoms with van der Waals surface area (Å²) in [5.41, 5.74) is 4.95. The molecule has 2 aromatic rings. The van der Waals surface area contributed by atoms with E-state index in [0.29, 0.717) is 22.3 Å². The number of thiophene rings is 1. The Morgan fingerprint density at radius 3 is 2.13 bits per heavy atom. The fourth-order valence-corrected chi connectivity index (χ4v) is 3.67. The highest BCUT2D eigenvalue weighted by molar-refractivity contribution is 7.11. The second-order valence-electron chi connectivity index (χ2n) is 6.43. The number of hydrogen-bond donors (Lipinski definition) is 0. The Morgan fingerprint density at radius 2 is 1.57 bits per heavy atom. The molecule has 1 aromatic heterocycles.